The zero-order chi connectivity index (χ0) is 17.3. The maximum absolute atomic E-state index is 11.6. The summed E-state index contributed by atoms with van der Waals surface area (Å²) in [4.78, 5) is 0. The van der Waals surface area contributed by atoms with E-state index in [1.54, 1.807) is 7.05 Å². The lowest BCUT2D eigenvalue weighted by Gasteiger charge is -2.47. The van der Waals surface area contributed by atoms with Crippen molar-refractivity contribution in [3.8, 4) is 0 Å². The van der Waals surface area contributed by atoms with Crippen molar-refractivity contribution in [2.24, 2.45) is 0 Å². The van der Waals surface area contributed by atoms with Gasteiger partial charge in [-0.1, -0.05) is 30.3 Å². The smallest absolute Gasteiger partial charge is 0.211 e. The Morgan fingerprint density at radius 2 is 1.96 bits per heavy atom. The molecule has 24 heavy (non-hydrogen) atoms. The van der Waals surface area contributed by atoms with E-state index in [0.29, 0.717) is 6.54 Å². The third kappa shape index (κ3) is 3.57. The van der Waals surface area contributed by atoms with Gasteiger partial charge in [0, 0.05) is 31.6 Å². The molecule has 0 amide bonds. The van der Waals surface area contributed by atoms with Crippen LogP contribution in [-0.4, -0.2) is 56.4 Å². The average Bonchev–Trinajstić information content (AvgIpc) is 3.05. The maximum Gasteiger partial charge on any atom is 0.211 e. The normalized spacial score (nSPS) is 27.2. The largest absolute Gasteiger partial charge is 0.395 e. The molecule has 1 heterocycles. The van der Waals surface area contributed by atoms with Crippen LogP contribution >= 0.6 is 0 Å². The van der Waals surface area contributed by atoms with E-state index in [-0.39, 0.29) is 24.6 Å². The molecule has 3 rings (SSSR count). The highest BCUT2D eigenvalue weighted by atomic mass is 32.2. The number of allylic oxidation sites excluding steroid dienone is 2. The number of sulfonamides is 1. The molecule has 5 nitrogen and oxygen atoms in total. The number of likely N-dealkylation sites (N-methyl/N-ethyl adjacent to an activating group) is 1. The number of aliphatic hydroxyl groups excluding tert-OH is 1. The van der Waals surface area contributed by atoms with Gasteiger partial charge in [-0.25, -0.2) is 12.7 Å². The molecule has 3 atom stereocenters. The standard InChI is InChI=1S/C18H26N2O3S/c1-20(24(2,22)23)11-16-18(17(12-21)19-16)15-9-7-14(8-10-15)13-5-3-4-6-13/h5,7-10,16-19,21H,3-4,6,11-12H2,1-2H3/t16-,17+,18+/m0/s1. The van der Waals surface area contributed by atoms with Gasteiger partial charge in [-0.15, -0.1) is 0 Å². The molecule has 1 saturated heterocycles. The van der Waals surface area contributed by atoms with Gasteiger partial charge in [0.25, 0.3) is 0 Å². The number of aliphatic hydroxyl groups is 1. The molecule has 0 radical (unpaired) electrons. The molecule has 1 fully saturated rings. The van der Waals surface area contributed by atoms with Gasteiger partial charge in [0.1, 0.15) is 0 Å². The summed E-state index contributed by atoms with van der Waals surface area (Å²) in [5.74, 6) is 0.130. The highest BCUT2D eigenvalue weighted by molar-refractivity contribution is 7.88. The van der Waals surface area contributed by atoms with Crippen LogP contribution in [0.1, 0.15) is 36.3 Å². The van der Waals surface area contributed by atoms with Crippen LogP contribution in [0.4, 0.5) is 0 Å². The van der Waals surface area contributed by atoms with Gasteiger partial charge >= 0.3 is 0 Å². The minimum atomic E-state index is -3.20. The first-order chi connectivity index (χ1) is 11.4. The van der Waals surface area contributed by atoms with Crippen LogP contribution < -0.4 is 5.32 Å². The number of benzene rings is 1. The minimum absolute atomic E-state index is 0.0143. The van der Waals surface area contributed by atoms with Crippen molar-refractivity contribution < 1.29 is 13.5 Å². The second-order valence-electron chi connectivity index (χ2n) is 6.88. The Morgan fingerprint density at radius 3 is 2.50 bits per heavy atom. The molecular formula is C18H26N2O3S. The number of hydrogen-bond donors (Lipinski definition) is 2. The van der Waals surface area contributed by atoms with E-state index in [9.17, 15) is 13.5 Å². The fourth-order valence-electron chi connectivity index (χ4n) is 3.71. The molecule has 0 bridgehead atoms. The summed E-state index contributed by atoms with van der Waals surface area (Å²) in [5, 5.41) is 12.8. The van der Waals surface area contributed by atoms with E-state index in [2.05, 4.69) is 35.7 Å². The molecule has 2 N–H and O–H groups in total. The van der Waals surface area contributed by atoms with Crippen molar-refractivity contribution in [3.63, 3.8) is 0 Å². The Hall–Kier alpha value is -1.21. The molecule has 0 saturated carbocycles. The zero-order valence-electron chi connectivity index (χ0n) is 14.3. The van der Waals surface area contributed by atoms with Crippen molar-refractivity contribution >= 4 is 15.6 Å². The Bertz CT molecular complexity index is 712. The van der Waals surface area contributed by atoms with Crippen LogP contribution in [-0.2, 0) is 10.0 Å². The van der Waals surface area contributed by atoms with Gasteiger partial charge in [-0.05, 0) is 36.0 Å². The first kappa shape index (κ1) is 17.6. The molecule has 1 aromatic rings. The van der Waals surface area contributed by atoms with E-state index in [4.69, 9.17) is 0 Å². The summed E-state index contributed by atoms with van der Waals surface area (Å²) in [5.41, 5.74) is 3.84. The number of nitrogens with zero attached hydrogens (tertiary/aromatic N) is 1. The predicted molar refractivity (Wildman–Crippen MR) is 96.3 cm³/mol. The van der Waals surface area contributed by atoms with Crippen LogP contribution in [0, 0.1) is 0 Å². The lowest BCUT2D eigenvalue weighted by atomic mass is 9.77. The van der Waals surface area contributed by atoms with E-state index >= 15 is 0 Å². The minimum Gasteiger partial charge on any atom is -0.395 e. The molecule has 0 unspecified atom stereocenters. The number of nitrogens with one attached hydrogen (secondary N) is 1. The monoisotopic (exact) mass is 350 g/mol. The second kappa shape index (κ2) is 6.96. The summed E-state index contributed by atoms with van der Waals surface area (Å²) in [6, 6.07) is 8.55. The van der Waals surface area contributed by atoms with Crippen LogP contribution in [0.25, 0.3) is 5.57 Å². The van der Waals surface area contributed by atoms with Crippen LogP contribution in [0.2, 0.25) is 0 Å². The molecule has 1 aliphatic heterocycles. The van der Waals surface area contributed by atoms with Crippen LogP contribution in [0.3, 0.4) is 0 Å². The summed E-state index contributed by atoms with van der Waals surface area (Å²) in [6.45, 7) is 0.462. The first-order valence-corrected chi connectivity index (χ1v) is 10.3. The lowest BCUT2D eigenvalue weighted by molar-refractivity contribution is 0.118. The first-order valence-electron chi connectivity index (χ1n) is 8.47. The van der Waals surface area contributed by atoms with Gasteiger partial charge < -0.3 is 10.4 Å². The van der Waals surface area contributed by atoms with Crippen molar-refractivity contribution in [3.05, 3.63) is 41.5 Å². The van der Waals surface area contributed by atoms with Gasteiger partial charge in [0.15, 0.2) is 0 Å². The van der Waals surface area contributed by atoms with Crippen molar-refractivity contribution in [2.75, 3.05) is 26.5 Å². The van der Waals surface area contributed by atoms with Crippen molar-refractivity contribution in [1.82, 2.24) is 9.62 Å². The summed E-state index contributed by atoms with van der Waals surface area (Å²) < 4.78 is 24.6. The van der Waals surface area contributed by atoms with Gasteiger partial charge in [-0.3, -0.25) is 0 Å². The molecule has 6 heteroatoms. The molecule has 2 aliphatic rings. The average molecular weight is 350 g/mol. The Balaban J connectivity index is 1.74. The molecule has 1 aromatic carbocycles. The van der Waals surface area contributed by atoms with E-state index in [0.717, 1.165) is 18.4 Å². The quantitative estimate of drug-likeness (QED) is 0.817. The summed E-state index contributed by atoms with van der Waals surface area (Å²) in [7, 11) is -1.61. The Kier molecular flexibility index (Phi) is 5.11. The fraction of sp³-hybridized carbons (Fsp3) is 0.556. The van der Waals surface area contributed by atoms with E-state index in [1.165, 1.54) is 28.1 Å². The van der Waals surface area contributed by atoms with Gasteiger partial charge in [-0.2, -0.15) is 0 Å². The third-order valence-electron chi connectivity index (χ3n) is 5.22. The predicted octanol–water partition coefficient (Wildman–Crippen LogP) is 1.56. The molecular weight excluding hydrogens is 324 g/mol. The SMILES string of the molecule is CN(C[C@@H]1N[C@H](CO)[C@@H]1c1ccc(C2=CCCC2)cc1)S(C)(=O)=O. The molecule has 0 spiro atoms. The fourth-order valence-corrected chi connectivity index (χ4v) is 4.14. The van der Waals surface area contributed by atoms with E-state index in [1.807, 2.05) is 0 Å². The topological polar surface area (TPSA) is 69.6 Å². The van der Waals surface area contributed by atoms with Crippen LogP contribution in [0.5, 0.6) is 0 Å². The third-order valence-corrected chi connectivity index (χ3v) is 6.50. The lowest BCUT2D eigenvalue weighted by Crippen LogP contribution is -2.64. The second-order valence-corrected chi connectivity index (χ2v) is 8.96. The Labute approximate surface area is 144 Å². The summed E-state index contributed by atoms with van der Waals surface area (Å²) >= 11 is 0. The number of rotatable bonds is 6. The summed E-state index contributed by atoms with van der Waals surface area (Å²) in [6.07, 6.45) is 7.06. The van der Waals surface area contributed by atoms with Crippen molar-refractivity contribution in [2.45, 2.75) is 37.3 Å². The van der Waals surface area contributed by atoms with Gasteiger partial charge in [0.2, 0.25) is 10.0 Å². The zero-order valence-corrected chi connectivity index (χ0v) is 15.1. The molecule has 0 aromatic heterocycles. The highest BCUT2D eigenvalue weighted by Gasteiger charge is 2.42. The Morgan fingerprint density at radius 1 is 1.25 bits per heavy atom. The van der Waals surface area contributed by atoms with E-state index < -0.39 is 10.0 Å². The number of hydrogen-bond acceptors (Lipinski definition) is 4. The van der Waals surface area contributed by atoms with Gasteiger partial charge in [0.05, 0.1) is 12.9 Å². The highest BCUT2D eigenvalue weighted by Crippen LogP contribution is 2.34. The molecule has 1 aliphatic carbocycles. The maximum atomic E-state index is 11.6. The molecule has 132 valence electrons. The van der Waals surface area contributed by atoms with Crippen LogP contribution in [0.15, 0.2) is 30.3 Å². The van der Waals surface area contributed by atoms with Crippen molar-refractivity contribution in [1.29, 1.82) is 0 Å².